The van der Waals surface area contributed by atoms with Crippen LogP contribution in [-0.2, 0) is 18.3 Å². The van der Waals surface area contributed by atoms with Gasteiger partial charge in [0.25, 0.3) is 0 Å². The van der Waals surface area contributed by atoms with Crippen molar-refractivity contribution >= 4 is 11.6 Å². The van der Waals surface area contributed by atoms with Crippen LogP contribution in [0.4, 0.5) is 0 Å². The molecule has 3 rings (SSSR count). The van der Waals surface area contributed by atoms with E-state index in [4.69, 9.17) is 16.6 Å². The second-order valence-corrected chi connectivity index (χ2v) is 7.11. The lowest BCUT2D eigenvalue weighted by atomic mass is 9.95. The molecule has 5 heteroatoms. The summed E-state index contributed by atoms with van der Waals surface area (Å²) in [6.45, 7) is 8.27. The highest BCUT2D eigenvalue weighted by molar-refractivity contribution is 6.30. The second-order valence-electron chi connectivity index (χ2n) is 6.75. The van der Waals surface area contributed by atoms with Crippen molar-refractivity contribution in [1.29, 1.82) is 0 Å². The summed E-state index contributed by atoms with van der Waals surface area (Å²) < 4.78 is 2.10. The Kier molecular flexibility index (Phi) is 3.52. The normalized spacial score (nSPS) is 15.1. The van der Waals surface area contributed by atoms with Gasteiger partial charge >= 0.3 is 0 Å². The largest absolute Gasteiger partial charge is 0.287 e. The quantitative estimate of drug-likeness (QED) is 0.753. The minimum absolute atomic E-state index is 0.132. The van der Waals surface area contributed by atoms with Gasteiger partial charge in [0.05, 0.1) is 5.69 Å². The Hall–Kier alpha value is -1.42. The number of aryl methyl sites for hydroxylation is 1. The molecule has 0 bridgehead atoms. The van der Waals surface area contributed by atoms with Gasteiger partial charge in [-0.25, -0.2) is 15.0 Å². The summed E-state index contributed by atoms with van der Waals surface area (Å²) in [5, 5.41) is 0.531. The highest BCUT2D eigenvalue weighted by atomic mass is 35.5. The first-order valence-corrected chi connectivity index (χ1v) is 7.86. The molecular weight excluding hydrogens is 284 g/mol. The van der Waals surface area contributed by atoms with Crippen molar-refractivity contribution in [2.75, 3.05) is 0 Å². The number of aromatic nitrogens is 4. The molecule has 0 N–H and O–H groups in total. The highest BCUT2D eigenvalue weighted by Crippen LogP contribution is 2.28. The molecule has 0 aliphatic heterocycles. The highest BCUT2D eigenvalue weighted by Gasteiger charge is 2.23. The maximum Gasteiger partial charge on any atom is 0.146 e. The molecule has 0 saturated heterocycles. The lowest BCUT2D eigenvalue weighted by Gasteiger charge is -2.20. The molecule has 0 amide bonds. The molecule has 2 aromatic rings. The molecule has 112 valence electrons. The van der Waals surface area contributed by atoms with E-state index in [9.17, 15) is 0 Å². The van der Waals surface area contributed by atoms with E-state index in [0.29, 0.717) is 5.15 Å². The zero-order valence-corrected chi connectivity index (χ0v) is 13.8. The third-order valence-electron chi connectivity index (χ3n) is 3.99. The summed E-state index contributed by atoms with van der Waals surface area (Å²) in [5.41, 5.74) is 3.26. The fraction of sp³-hybridized carbons (Fsp3) is 0.562. The van der Waals surface area contributed by atoms with Gasteiger partial charge in [0, 0.05) is 16.7 Å². The van der Waals surface area contributed by atoms with E-state index >= 15 is 0 Å². The number of halogens is 1. The van der Waals surface area contributed by atoms with Gasteiger partial charge in [0.15, 0.2) is 0 Å². The zero-order chi connectivity index (χ0) is 15.2. The molecule has 0 saturated carbocycles. The summed E-state index contributed by atoms with van der Waals surface area (Å²) >= 11 is 6.34. The molecule has 0 aromatic carbocycles. The van der Waals surface area contributed by atoms with Gasteiger partial charge in [-0.2, -0.15) is 0 Å². The van der Waals surface area contributed by atoms with E-state index in [2.05, 4.69) is 35.3 Å². The van der Waals surface area contributed by atoms with Crippen LogP contribution in [0.2, 0.25) is 5.15 Å². The maximum absolute atomic E-state index is 6.34. The molecule has 0 unspecified atom stereocenters. The number of hydrogen-bond acceptors (Lipinski definition) is 3. The first kappa shape index (κ1) is 14.5. The molecule has 1 aliphatic rings. The van der Waals surface area contributed by atoms with Crippen LogP contribution < -0.4 is 0 Å². The van der Waals surface area contributed by atoms with E-state index in [1.807, 2.05) is 13.3 Å². The lowest BCUT2D eigenvalue weighted by Crippen LogP contribution is -2.19. The van der Waals surface area contributed by atoms with Gasteiger partial charge in [-0.05, 0) is 32.6 Å². The number of imidazole rings is 1. The number of nitrogens with zero attached hydrogens (tertiary/aromatic N) is 4. The molecule has 1 aliphatic carbocycles. The summed E-state index contributed by atoms with van der Waals surface area (Å²) in [4.78, 5) is 13.8. The molecule has 0 atom stereocenters. The Morgan fingerprint density at radius 1 is 1.14 bits per heavy atom. The summed E-state index contributed by atoms with van der Waals surface area (Å²) in [6, 6.07) is 0. The Labute approximate surface area is 130 Å². The van der Waals surface area contributed by atoms with Gasteiger partial charge in [-0.3, -0.25) is 4.57 Å². The van der Waals surface area contributed by atoms with E-state index in [-0.39, 0.29) is 5.41 Å². The van der Waals surface area contributed by atoms with E-state index in [1.54, 1.807) is 0 Å². The lowest BCUT2D eigenvalue weighted by molar-refractivity contribution is 0.541. The van der Waals surface area contributed by atoms with Crippen LogP contribution in [0, 0.1) is 6.92 Å². The second kappa shape index (κ2) is 5.09. The monoisotopic (exact) mass is 304 g/mol. The molecule has 2 heterocycles. The standard InChI is InChI=1S/C16H21ClN4/c1-10-13(17)19-15(16(2,3)4)20-14(10)21-9-18-11-7-5-6-8-12(11)21/h9H,5-8H2,1-4H3. The number of hydrogen-bond donors (Lipinski definition) is 0. The van der Waals surface area contributed by atoms with Crippen molar-refractivity contribution in [3.8, 4) is 5.82 Å². The first-order valence-electron chi connectivity index (χ1n) is 7.48. The predicted octanol–water partition coefficient (Wildman–Crippen LogP) is 3.80. The Bertz CT molecular complexity index is 682. The van der Waals surface area contributed by atoms with Crippen LogP contribution in [0.25, 0.3) is 5.82 Å². The molecule has 4 nitrogen and oxygen atoms in total. The third kappa shape index (κ3) is 2.57. The van der Waals surface area contributed by atoms with Crippen molar-refractivity contribution in [2.45, 2.75) is 58.8 Å². The number of rotatable bonds is 1. The average molecular weight is 305 g/mol. The van der Waals surface area contributed by atoms with Gasteiger partial charge < -0.3 is 0 Å². The molecular formula is C16H21ClN4. The first-order chi connectivity index (χ1) is 9.88. The Morgan fingerprint density at radius 3 is 2.57 bits per heavy atom. The maximum atomic E-state index is 6.34. The van der Waals surface area contributed by atoms with Crippen LogP contribution in [0.15, 0.2) is 6.33 Å². The van der Waals surface area contributed by atoms with Gasteiger partial charge in [0.2, 0.25) is 0 Å². The fourth-order valence-corrected chi connectivity index (χ4v) is 2.86. The Morgan fingerprint density at radius 2 is 1.86 bits per heavy atom. The molecule has 0 fully saturated rings. The average Bonchev–Trinajstić information content (AvgIpc) is 2.84. The van der Waals surface area contributed by atoms with Crippen molar-refractivity contribution < 1.29 is 0 Å². The summed E-state index contributed by atoms with van der Waals surface area (Å²) in [5.74, 6) is 1.64. The molecule has 21 heavy (non-hydrogen) atoms. The third-order valence-corrected chi connectivity index (χ3v) is 4.36. The van der Waals surface area contributed by atoms with Crippen LogP contribution in [0.3, 0.4) is 0 Å². The van der Waals surface area contributed by atoms with E-state index in [0.717, 1.165) is 30.0 Å². The number of fused-ring (bicyclic) bond motifs is 1. The fourth-order valence-electron chi connectivity index (χ4n) is 2.70. The molecule has 0 spiro atoms. The van der Waals surface area contributed by atoms with Crippen LogP contribution in [0.5, 0.6) is 0 Å². The van der Waals surface area contributed by atoms with E-state index < -0.39 is 0 Å². The summed E-state index contributed by atoms with van der Waals surface area (Å²) in [6.07, 6.45) is 6.44. The van der Waals surface area contributed by atoms with Crippen molar-refractivity contribution in [1.82, 2.24) is 19.5 Å². The van der Waals surface area contributed by atoms with Gasteiger partial charge in [-0.1, -0.05) is 32.4 Å². The van der Waals surface area contributed by atoms with Crippen molar-refractivity contribution in [3.63, 3.8) is 0 Å². The van der Waals surface area contributed by atoms with Crippen molar-refractivity contribution in [3.05, 3.63) is 34.3 Å². The van der Waals surface area contributed by atoms with Crippen LogP contribution in [-0.4, -0.2) is 19.5 Å². The minimum Gasteiger partial charge on any atom is -0.287 e. The molecule has 2 aromatic heterocycles. The zero-order valence-electron chi connectivity index (χ0n) is 13.1. The van der Waals surface area contributed by atoms with Crippen LogP contribution in [0.1, 0.15) is 56.4 Å². The van der Waals surface area contributed by atoms with Gasteiger partial charge in [0.1, 0.15) is 23.1 Å². The van der Waals surface area contributed by atoms with Gasteiger partial charge in [-0.15, -0.1) is 0 Å². The minimum atomic E-state index is -0.132. The topological polar surface area (TPSA) is 43.6 Å². The summed E-state index contributed by atoms with van der Waals surface area (Å²) in [7, 11) is 0. The Balaban J connectivity index is 2.18. The SMILES string of the molecule is Cc1c(Cl)nc(C(C)(C)C)nc1-n1cnc2c1CCCC2. The smallest absolute Gasteiger partial charge is 0.146 e. The molecule has 0 radical (unpaired) electrons. The van der Waals surface area contributed by atoms with Crippen LogP contribution >= 0.6 is 11.6 Å². The van der Waals surface area contributed by atoms with E-state index in [1.165, 1.54) is 24.2 Å². The van der Waals surface area contributed by atoms with Crippen molar-refractivity contribution in [2.24, 2.45) is 0 Å². The predicted molar refractivity (Wildman–Crippen MR) is 84.2 cm³/mol.